The third kappa shape index (κ3) is 3.93. The lowest BCUT2D eigenvalue weighted by Crippen LogP contribution is -2.27. The van der Waals surface area contributed by atoms with Crippen LogP contribution >= 0.6 is 23.4 Å². The molecule has 1 aliphatic heterocycles. The minimum atomic E-state index is 0.295. The Morgan fingerprint density at radius 2 is 1.88 bits per heavy atom. The predicted octanol–water partition coefficient (Wildman–Crippen LogP) is 3.44. The highest BCUT2D eigenvalue weighted by atomic mass is 35.5. The summed E-state index contributed by atoms with van der Waals surface area (Å²) >= 11 is 7.52. The van der Waals surface area contributed by atoms with Gasteiger partial charge in [-0.3, -0.25) is 4.79 Å². The first-order valence-electron chi connectivity index (χ1n) is 5.92. The SMILES string of the molecule is O=C(CCSc1ccc(Cl)cc1)N1CCCC1. The Morgan fingerprint density at radius 3 is 2.53 bits per heavy atom. The predicted molar refractivity (Wildman–Crippen MR) is 72.6 cm³/mol. The van der Waals surface area contributed by atoms with Crippen molar-refractivity contribution in [2.24, 2.45) is 0 Å². The Morgan fingerprint density at radius 1 is 1.24 bits per heavy atom. The summed E-state index contributed by atoms with van der Waals surface area (Å²) in [5, 5.41) is 0.752. The van der Waals surface area contributed by atoms with E-state index < -0.39 is 0 Å². The van der Waals surface area contributed by atoms with Crippen LogP contribution in [0, 0.1) is 0 Å². The zero-order valence-corrected chi connectivity index (χ0v) is 11.3. The van der Waals surface area contributed by atoms with Crippen LogP contribution in [0.4, 0.5) is 0 Å². The number of nitrogens with zero attached hydrogens (tertiary/aromatic N) is 1. The fourth-order valence-corrected chi connectivity index (χ4v) is 2.88. The summed E-state index contributed by atoms with van der Waals surface area (Å²) < 4.78 is 0. The van der Waals surface area contributed by atoms with Gasteiger partial charge in [0.05, 0.1) is 0 Å². The van der Waals surface area contributed by atoms with Crippen LogP contribution in [0.2, 0.25) is 5.02 Å². The van der Waals surface area contributed by atoms with Crippen LogP contribution in [0.15, 0.2) is 29.2 Å². The van der Waals surface area contributed by atoms with E-state index in [1.807, 2.05) is 29.2 Å². The fraction of sp³-hybridized carbons (Fsp3) is 0.462. The summed E-state index contributed by atoms with van der Waals surface area (Å²) in [6, 6.07) is 7.75. The van der Waals surface area contributed by atoms with E-state index >= 15 is 0 Å². The van der Waals surface area contributed by atoms with E-state index in [1.165, 1.54) is 4.90 Å². The van der Waals surface area contributed by atoms with E-state index in [1.54, 1.807) is 11.8 Å². The summed E-state index contributed by atoms with van der Waals surface area (Å²) in [5.41, 5.74) is 0. The molecule has 0 unspecified atom stereocenters. The number of rotatable bonds is 4. The van der Waals surface area contributed by atoms with Gasteiger partial charge in [0.2, 0.25) is 5.91 Å². The third-order valence-corrected chi connectivity index (χ3v) is 4.12. The first-order valence-corrected chi connectivity index (χ1v) is 7.28. The number of carbonyl (C=O) groups excluding carboxylic acids is 1. The molecule has 1 heterocycles. The maximum Gasteiger partial charge on any atom is 0.223 e. The van der Waals surface area contributed by atoms with Crippen LogP contribution in [-0.2, 0) is 4.79 Å². The summed E-state index contributed by atoms with van der Waals surface area (Å²) in [6.45, 7) is 1.90. The van der Waals surface area contributed by atoms with E-state index in [9.17, 15) is 4.79 Å². The van der Waals surface area contributed by atoms with Crippen molar-refractivity contribution < 1.29 is 4.79 Å². The molecule has 0 atom stereocenters. The quantitative estimate of drug-likeness (QED) is 0.781. The van der Waals surface area contributed by atoms with Crippen LogP contribution in [-0.4, -0.2) is 29.6 Å². The molecule has 1 amide bonds. The zero-order valence-electron chi connectivity index (χ0n) is 9.69. The Balaban J connectivity index is 1.72. The first-order chi connectivity index (χ1) is 8.25. The second kappa shape index (κ2) is 6.31. The molecule has 0 N–H and O–H groups in total. The Bertz CT molecular complexity index is 374. The molecule has 4 heteroatoms. The van der Waals surface area contributed by atoms with Gasteiger partial charge >= 0.3 is 0 Å². The molecule has 1 fully saturated rings. The first kappa shape index (κ1) is 12.8. The van der Waals surface area contributed by atoms with E-state index in [0.29, 0.717) is 12.3 Å². The van der Waals surface area contributed by atoms with Crippen molar-refractivity contribution in [3.05, 3.63) is 29.3 Å². The summed E-state index contributed by atoms with van der Waals surface area (Å²) in [5.74, 6) is 1.14. The van der Waals surface area contributed by atoms with Gasteiger partial charge in [-0.15, -0.1) is 11.8 Å². The number of halogens is 1. The normalized spacial score (nSPS) is 15.2. The van der Waals surface area contributed by atoms with Gasteiger partial charge in [-0.25, -0.2) is 0 Å². The molecular formula is C13H16ClNOS. The van der Waals surface area contributed by atoms with Crippen molar-refractivity contribution in [1.82, 2.24) is 4.90 Å². The molecule has 0 spiro atoms. The van der Waals surface area contributed by atoms with Crippen molar-refractivity contribution in [2.75, 3.05) is 18.8 Å². The lowest BCUT2D eigenvalue weighted by molar-refractivity contribution is -0.129. The molecule has 0 aromatic heterocycles. The van der Waals surface area contributed by atoms with Crippen LogP contribution in [0.1, 0.15) is 19.3 Å². The molecule has 0 aliphatic carbocycles. The number of carbonyl (C=O) groups is 1. The standard InChI is InChI=1S/C13H16ClNOS/c14-11-3-5-12(6-4-11)17-10-7-13(16)15-8-1-2-9-15/h3-6H,1-2,7-10H2. The van der Waals surface area contributed by atoms with Crippen molar-refractivity contribution >= 4 is 29.3 Å². The fourth-order valence-electron chi connectivity index (χ4n) is 1.91. The van der Waals surface area contributed by atoms with Crippen molar-refractivity contribution in [1.29, 1.82) is 0 Å². The summed E-state index contributed by atoms with van der Waals surface area (Å²) in [7, 11) is 0. The molecule has 0 radical (unpaired) electrons. The molecule has 2 rings (SSSR count). The van der Waals surface area contributed by atoms with Gasteiger partial charge in [-0.2, -0.15) is 0 Å². The number of benzene rings is 1. The van der Waals surface area contributed by atoms with Gasteiger partial charge in [0, 0.05) is 35.2 Å². The highest BCUT2D eigenvalue weighted by molar-refractivity contribution is 7.99. The highest BCUT2D eigenvalue weighted by Gasteiger charge is 2.16. The molecule has 92 valence electrons. The molecule has 0 saturated carbocycles. The third-order valence-electron chi connectivity index (χ3n) is 2.86. The van der Waals surface area contributed by atoms with Crippen molar-refractivity contribution in [3.8, 4) is 0 Å². The second-order valence-corrected chi connectivity index (χ2v) is 5.75. The topological polar surface area (TPSA) is 20.3 Å². The minimum absolute atomic E-state index is 0.295. The largest absolute Gasteiger partial charge is 0.343 e. The highest BCUT2D eigenvalue weighted by Crippen LogP contribution is 2.21. The average Bonchev–Trinajstić information content (AvgIpc) is 2.85. The molecule has 17 heavy (non-hydrogen) atoms. The molecular weight excluding hydrogens is 254 g/mol. The molecule has 0 bridgehead atoms. The van der Waals surface area contributed by atoms with Gasteiger partial charge in [0.1, 0.15) is 0 Å². The number of thioether (sulfide) groups is 1. The van der Waals surface area contributed by atoms with E-state index in [-0.39, 0.29) is 0 Å². The van der Waals surface area contributed by atoms with Crippen molar-refractivity contribution in [2.45, 2.75) is 24.2 Å². The van der Waals surface area contributed by atoms with Crippen LogP contribution in [0.25, 0.3) is 0 Å². The number of amides is 1. The maximum absolute atomic E-state index is 11.8. The van der Waals surface area contributed by atoms with Crippen molar-refractivity contribution in [3.63, 3.8) is 0 Å². The molecule has 1 aliphatic rings. The summed E-state index contributed by atoms with van der Waals surface area (Å²) in [6.07, 6.45) is 2.96. The molecule has 1 aromatic carbocycles. The second-order valence-electron chi connectivity index (χ2n) is 4.14. The van der Waals surface area contributed by atoms with Crippen LogP contribution in [0.3, 0.4) is 0 Å². The van der Waals surface area contributed by atoms with Gasteiger partial charge in [-0.1, -0.05) is 11.6 Å². The van der Waals surface area contributed by atoms with Gasteiger partial charge < -0.3 is 4.90 Å². The van der Waals surface area contributed by atoms with Crippen LogP contribution < -0.4 is 0 Å². The Kier molecular flexibility index (Phi) is 4.75. The molecule has 1 saturated heterocycles. The average molecular weight is 270 g/mol. The van der Waals surface area contributed by atoms with E-state index in [4.69, 9.17) is 11.6 Å². The lowest BCUT2D eigenvalue weighted by Gasteiger charge is -2.14. The number of hydrogen-bond acceptors (Lipinski definition) is 2. The number of likely N-dealkylation sites (tertiary alicyclic amines) is 1. The maximum atomic E-state index is 11.8. The Labute approximate surface area is 111 Å². The van der Waals surface area contributed by atoms with Gasteiger partial charge in [0.25, 0.3) is 0 Å². The smallest absolute Gasteiger partial charge is 0.223 e. The Hall–Kier alpha value is -0.670. The van der Waals surface area contributed by atoms with E-state index in [0.717, 1.165) is 36.7 Å². The number of hydrogen-bond donors (Lipinski definition) is 0. The minimum Gasteiger partial charge on any atom is -0.343 e. The summed E-state index contributed by atoms with van der Waals surface area (Å²) in [4.78, 5) is 14.9. The van der Waals surface area contributed by atoms with E-state index in [2.05, 4.69) is 0 Å². The monoisotopic (exact) mass is 269 g/mol. The molecule has 2 nitrogen and oxygen atoms in total. The lowest BCUT2D eigenvalue weighted by atomic mass is 10.4. The zero-order chi connectivity index (χ0) is 12.1. The van der Waals surface area contributed by atoms with Gasteiger partial charge in [-0.05, 0) is 37.1 Å². The molecule has 1 aromatic rings. The van der Waals surface area contributed by atoms with Gasteiger partial charge in [0.15, 0.2) is 0 Å². The van der Waals surface area contributed by atoms with Crippen LogP contribution in [0.5, 0.6) is 0 Å².